The van der Waals surface area contributed by atoms with Gasteiger partial charge < -0.3 is 24.8 Å². The molecule has 0 bridgehead atoms. The van der Waals surface area contributed by atoms with E-state index in [9.17, 15) is 4.79 Å². The van der Waals surface area contributed by atoms with Gasteiger partial charge in [0.1, 0.15) is 6.61 Å². The van der Waals surface area contributed by atoms with Crippen LogP contribution in [0.15, 0.2) is 12.4 Å². The fourth-order valence-corrected chi connectivity index (χ4v) is 4.30. The van der Waals surface area contributed by atoms with Crippen LogP contribution in [0.1, 0.15) is 25.7 Å². The Bertz CT molecular complexity index is 688. The maximum Gasteiger partial charge on any atom is 0.248 e. The highest BCUT2D eigenvalue weighted by atomic mass is 16.5. The normalized spacial score (nSPS) is 24.0. The number of amides is 1. The Morgan fingerprint density at radius 3 is 2.55 bits per heavy atom. The van der Waals surface area contributed by atoms with E-state index in [-0.39, 0.29) is 18.6 Å². The molecule has 1 aliphatic carbocycles. The molecule has 1 unspecified atom stereocenters. The average Bonchev–Trinajstić information content (AvgIpc) is 3.54. The predicted molar refractivity (Wildman–Crippen MR) is 113 cm³/mol. The van der Waals surface area contributed by atoms with Crippen molar-refractivity contribution in [1.29, 1.82) is 0 Å². The molecule has 1 atom stereocenters. The lowest BCUT2D eigenvalue weighted by atomic mass is 9.95. The fraction of sp³-hybridized carbons (Fsp3) is 0.762. The van der Waals surface area contributed by atoms with Gasteiger partial charge in [-0.1, -0.05) is 0 Å². The number of rotatable bonds is 8. The van der Waals surface area contributed by atoms with E-state index in [2.05, 4.69) is 20.2 Å². The molecule has 1 N–H and O–H groups in total. The van der Waals surface area contributed by atoms with Crippen LogP contribution >= 0.6 is 0 Å². The van der Waals surface area contributed by atoms with E-state index in [1.165, 1.54) is 45.3 Å². The van der Waals surface area contributed by atoms with Crippen LogP contribution in [-0.2, 0) is 9.53 Å². The zero-order valence-corrected chi connectivity index (χ0v) is 17.7. The van der Waals surface area contributed by atoms with Crippen molar-refractivity contribution in [3.05, 3.63) is 12.4 Å². The van der Waals surface area contributed by atoms with Gasteiger partial charge in [0.2, 0.25) is 5.91 Å². The van der Waals surface area contributed by atoms with Crippen molar-refractivity contribution >= 4 is 17.5 Å². The number of piperidine rings is 1. The molecule has 4 rings (SSSR count). The molecule has 1 saturated carbocycles. The minimum Gasteiger partial charge on any atom is -0.365 e. The number of hydrogen-bond donors (Lipinski definition) is 1. The smallest absolute Gasteiger partial charge is 0.248 e. The van der Waals surface area contributed by atoms with Crippen LogP contribution in [0.3, 0.4) is 0 Å². The molecule has 1 amide bonds. The molecule has 29 heavy (non-hydrogen) atoms. The van der Waals surface area contributed by atoms with Gasteiger partial charge in [0.25, 0.3) is 0 Å². The Hall–Kier alpha value is -1.93. The summed E-state index contributed by atoms with van der Waals surface area (Å²) in [6.45, 7) is 5.95. The standard InChI is InChI=1S/C21H34N6O2/c1-25(2)21-20(22-7-8-23-21)24-11-18-14-27(19(28)15-29-18)13-17-5-9-26(10-6-17)12-16-3-4-16/h7-8,16-18H,3-6,9-15H2,1-2H3,(H,22,24). The molecule has 2 aliphatic heterocycles. The van der Waals surface area contributed by atoms with E-state index in [4.69, 9.17) is 4.74 Å². The Labute approximate surface area is 173 Å². The Morgan fingerprint density at radius 2 is 1.83 bits per heavy atom. The van der Waals surface area contributed by atoms with Gasteiger partial charge in [-0.25, -0.2) is 9.97 Å². The van der Waals surface area contributed by atoms with Gasteiger partial charge in [-0.2, -0.15) is 0 Å². The summed E-state index contributed by atoms with van der Waals surface area (Å²) in [4.78, 5) is 27.7. The minimum absolute atomic E-state index is 0.0281. The molecule has 160 valence electrons. The SMILES string of the molecule is CN(C)c1nccnc1NCC1CN(CC2CCN(CC3CC3)CC2)C(=O)CO1. The van der Waals surface area contributed by atoms with Crippen LogP contribution in [0.4, 0.5) is 11.6 Å². The van der Waals surface area contributed by atoms with Gasteiger partial charge in [-0.15, -0.1) is 0 Å². The van der Waals surface area contributed by atoms with E-state index in [1.807, 2.05) is 23.9 Å². The van der Waals surface area contributed by atoms with Gasteiger partial charge in [0.15, 0.2) is 11.6 Å². The third kappa shape index (κ3) is 5.57. The summed E-state index contributed by atoms with van der Waals surface area (Å²) in [5.41, 5.74) is 0. The van der Waals surface area contributed by atoms with Gasteiger partial charge in [0, 0.05) is 52.7 Å². The molecule has 0 aromatic carbocycles. The highest BCUT2D eigenvalue weighted by Crippen LogP contribution is 2.31. The van der Waals surface area contributed by atoms with Crippen LogP contribution < -0.4 is 10.2 Å². The van der Waals surface area contributed by atoms with Gasteiger partial charge in [-0.05, 0) is 50.6 Å². The fourth-order valence-electron chi connectivity index (χ4n) is 4.30. The number of carbonyl (C=O) groups excluding carboxylic acids is 1. The van der Waals surface area contributed by atoms with Crippen molar-refractivity contribution in [2.24, 2.45) is 11.8 Å². The molecular formula is C21H34N6O2. The highest BCUT2D eigenvalue weighted by molar-refractivity contribution is 5.78. The number of nitrogens with one attached hydrogen (secondary N) is 1. The molecule has 2 saturated heterocycles. The molecular weight excluding hydrogens is 368 g/mol. The lowest BCUT2D eigenvalue weighted by Gasteiger charge is -2.38. The summed E-state index contributed by atoms with van der Waals surface area (Å²) >= 11 is 0. The van der Waals surface area contributed by atoms with E-state index < -0.39 is 0 Å². The van der Waals surface area contributed by atoms with Crippen molar-refractivity contribution in [3.63, 3.8) is 0 Å². The van der Waals surface area contributed by atoms with E-state index in [0.717, 1.165) is 24.1 Å². The van der Waals surface area contributed by atoms with Crippen molar-refractivity contribution in [2.75, 3.05) is 70.2 Å². The summed E-state index contributed by atoms with van der Waals surface area (Å²) in [5, 5.41) is 3.35. The molecule has 1 aromatic heterocycles. The maximum absolute atomic E-state index is 12.4. The van der Waals surface area contributed by atoms with Crippen LogP contribution in [0, 0.1) is 11.8 Å². The summed E-state index contributed by atoms with van der Waals surface area (Å²) < 4.78 is 5.78. The van der Waals surface area contributed by atoms with Gasteiger partial charge >= 0.3 is 0 Å². The minimum atomic E-state index is -0.0281. The number of morpholine rings is 1. The molecule has 1 aromatic rings. The number of ether oxygens (including phenoxy) is 1. The quantitative estimate of drug-likeness (QED) is 0.703. The zero-order chi connectivity index (χ0) is 20.2. The summed E-state index contributed by atoms with van der Waals surface area (Å²) in [5.74, 6) is 3.24. The van der Waals surface area contributed by atoms with Crippen molar-refractivity contribution < 1.29 is 9.53 Å². The number of hydrogen-bond acceptors (Lipinski definition) is 7. The first-order chi connectivity index (χ1) is 14.1. The molecule has 0 radical (unpaired) electrons. The van der Waals surface area contributed by atoms with Gasteiger partial charge in [0.05, 0.1) is 6.10 Å². The first-order valence-electron chi connectivity index (χ1n) is 10.9. The first kappa shape index (κ1) is 20.3. The monoisotopic (exact) mass is 402 g/mol. The molecule has 3 fully saturated rings. The lowest BCUT2D eigenvalue weighted by Crippen LogP contribution is -2.51. The van der Waals surface area contributed by atoms with E-state index >= 15 is 0 Å². The second-order valence-corrected chi connectivity index (χ2v) is 8.92. The molecule has 8 nitrogen and oxygen atoms in total. The summed E-state index contributed by atoms with van der Waals surface area (Å²) in [6, 6.07) is 0. The molecule has 8 heteroatoms. The van der Waals surface area contributed by atoms with Crippen LogP contribution in [0.2, 0.25) is 0 Å². The maximum atomic E-state index is 12.4. The lowest BCUT2D eigenvalue weighted by molar-refractivity contribution is -0.149. The molecule has 0 spiro atoms. The third-order valence-electron chi connectivity index (χ3n) is 6.22. The summed E-state index contributed by atoms with van der Waals surface area (Å²) in [7, 11) is 3.89. The van der Waals surface area contributed by atoms with Crippen molar-refractivity contribution in [1.82, 2.24) is 19.8 Å². The Balaban J connectivity index is 1.24. The van der Waals surface area contributed by atoms with Crippen molar-refractivity contribution in [2.45, 2.75) is 31.8 Å². The molecule has 3 aliphatic rings. The predicted octanol–water partition coefficient (Wildman–Crippen LogP) is 1.30. The number of likely N-dealkylation sites (tertiary alicyclic amines) is 1. The van der Waals surface area contributed by atoms with E-state index in [0.29, 0.717) is 19.0 Å². The van der Waals surface area contributed by atoms with Crippen LogP contribution in [-0.4, -0.2) is 91.7 Å². The number of anilines is 2. The Kier molecular flexibility index (Phi) is 6.50. The number of carbonyl (C=O) groups is 1. The number of nitrogens with zero attached hydrogens (tertiary/aromatic N) is 5. The Morgan fingerprint density at radius 1 is 1.10 bits per heavy atom. The largest absolute Gasteiger partial charge is 0.365 e. The highest BCUT2D eigenvalue weighted by Gasteiger charge is 2.31. The van der Waals surface area contributed by atoms with Gasteiger partial charge in [-0.3, -0.25) is 4.79 Å². The van der Waals surface area contributed by atoms with Crippen molar-refractivity contribution in [3.8, 4) is 0 Å². The number of aromatic nitrogens is 2. The average molecular weight is 403 g/mol. The third-order valence-corrected chi connectivity index (χ3v) is 6.22. The molecule has 3 heterocycles. The van der Waals surface area contributed by atoms with E-state index in [1.54, 1.807) is 12.4 Å². The van der Waals surface area contributed by atoms with Crippen LogP contribution in [0.25, 0.3) is 0 Å². The summed E-state index contributed by atoms with van der Waals surface area (Å²) in [6.07, 6.45) is 8.58. The zero-order valence-electron chi connectivity index (χ0n) is 17.7. The topological polar surface area (TPSA) is 73.8 Å². The first-order valence-corrected chi connectivity index (χ1v) is 10.9. The van der Waals surface area contributed by atoms with Crippen LogP contribution in [0.5, 0.6) is 0 Å². The second kappa shape index (κ2) is 9.26. The second-order valence-electron chi connectivity index (χ2n) is 8.92.